The zero-order valence-electron chi connectivity index (χ0n) is 19.5. The van der Waals surface area contributed by atoms with Crippen molar-refractivity contribution < 1.29 is 14.1 Å². The molecule has 0 aliphatic rings. The van der Waals surface area contributed by atoms with Crippen molar-refractivity contribution in [2.24, 2.45) is 0 Å². The average Bonchev–Trinajstić information content (AvgIpc) is 3.42. The Bertz CT molecular complexity index is 1300. The Morgan fingerprint density at radius 3 is 2.35 bits per heavy atom. The number of aromatic nitrogens is 2. The van der Waals surface area contributed by atoms with Crippen molar-refractivity contribution in [3.05, 3.63) is 82.6 Å². The number of thiazole rings is 1. The molecule has 2 aromatic heterocycles. The fourth-order valence-electron chi connectivity index (χ4n) is 3.27. The van der Waals surface area contributed by atoms with Gasteiger partial charge in [0.05, 0.1) is 12.1 Å². The van der Waals surface area contributed by atoms with Crippen LogP contribution in [0.2, 0.25) is 0 Å². The lowest BCUT2D eigenvalue weighted by atomic mass is 9.93. The minimum atomic E-state index is -0.205. The summed E-state index contributed by atoms with van der Waals surface area (Å²) in [6.07, 6.45) is 0.181. The lowest BCUT2D eigenvalue weighted by Gasteiger charge is -2.12. The highest BCUT2D eigenvalue weighted by Crippen LogP contribution is 2.28. The van der Waals surface area contributed by atoms with E-state index in [-0.39, 0.29) is 23.7 Å². The van der Waals surface area contributed by atoms with Gasteiger partial charge in [-0.1, -0.05) is 68.4 Å². The van der Waals surface area contributed by atoms with Crippen molar-refractivity contribution in [3.8, 4) is 10.6 Å². The molecule has 7 nitrogen and oxygen atoms in total. The van der Waals surface area contributed by atoms with Gasteiger partial charge in [-0.05, 0) is 24.6 Å². The number of aryl methyl sites for hydroxylation is 1. The van der Waals surface area contributed by atoms with Gasteiger partial charge >= 0.3 is 0 Å². The van der Waals surface area contributed by atoms with Gasteiger partial charge < -0.3 is 15.2 Å². The molecule has 0 unspecified atom stereocenters. The van der Waals surface area contributed by atoms with Gasteiger partial charge in [-0.3, -0.25) is 9.59 Å². The van der Waals surface area contributed by atoms with Crippen LogP contribution in [-0.2, 0) is 16.6 Å². The molecule has 0 saturated carbocycles. The number of carbonyl (C=O) groups excluding carboxylic acids is 2. The van der Waals surface area contributed by atoms with Crippen LogP contribution in [0.15, 0.2) is 65.2 Å². The van der Waals surface area contributed by atoms with Gasteiger partial charge in [0.25, 0.3) is 5.91 Å². The second-order valence-corrected chi connectivity index (χ2v) is 10.0. The average molecular weight is 475 g/mol. The maximum atomic E-state index is 12.8. The topological polar surface area (TPSA) is 97.1 Å². The molecule has 0 fully saturated rings. The molecule has 174 valence electrons. The number of hydrogen-bond donors (Lipinski definition) is 2. The summed E-state index contributed by atoms with van der Waals surface area (Å²) in [5, 5.41) is 10.4. The fraction of sp³-hybridized carbons (Fsp3) is 0.231. The molecule has 2 amide bonds. The van der Waals surface area contributed by atoms with Crippen LogP contribution >= 0.6 is 11.3 Å². The highest BCUT2D eigenvalue weighted by Gasteiger charge is 2.20. The number of nitrogens with zero attached hydrogens (tertiary/aromatic N) is 2. The van der Waals surface area contributed by atoms with Gasteiger partial charge in [0.2, 0.25) is 5.91 Å². The molecule has 34 heavy (non-hydrogen) atoms. The molecular formula is C26H26N4O3S. The minimum Gasteiger partial charge on any atom is -0.359 e. The molecule has 0 bridgehead atoms. The first-order chi connectivity index (χ1) is 16.2. The molecule has 4 rings (SSSR count). The van der Waals surface area contributed by atoms with Crippen LogP contribution in [0.3, 0.4) is 0 Å². The first-order valence-electron chi connectivity index (χ1n) is 10.9. The molecule has 0 aliphatic heterocycles. The van der Waals surface area contributed by atoms with Crippen LogP contribution < -0.4 is 10.6 Å². The largest absolute Gasteiger partial charge is 0.359 e. The predicted octanol–water partition coefficient (Wildman–Crippen LogP) is 5.84. The Kier molecular flexibility index (Phi) is 6.61. The summed E-state index contributed by atoms with van der Waals surface area (Å²) in [7, 11) is 0. The Morgan fingerprint density at radius 2 is 1.71 bits per heavy atom. The van der Waals surface area contributed by atoms with E-state index in [1.807, 2.05) is 70.2 Å². The van der Waals surface area contributed by atoms with E-state index in [9.17, 15) is 9.59 Å². The quantitative estimate of drug-likeness (QED) is 0.366. The van der Waals surface area contributed by atoms with Crippen LogP contribution in [0.25, 0.3) is 10.6 Å². The van der Waals surface area contributed by atoms with Crippen LogP contribution in [0.5, 0.6) is 0 Å². The second kappa shape index (κ2) is 9.61. The van der Waals surface area contributed by atoms with Crippen molar-refractivity contribution in [3.63, 3.8) is 0 Å². The molecule has 4 aromatic rings. The Labute approximate surface area is 202 Å². The number of nitrogens with one attached hydrogen (secondary N) is 2. The number of amides is 2. The summed E-state index contributed by atoms with van der Waals surface area (Å²) >= 11 is 1.37. The molecule has 0 spiro atoms. The summed E-state index contributed by atoms with van der Waals surface area (Å²) in [6.45, 7) is 7.87. The molecular weight excluding hydrogens is 448 g/mol. The van der Waals surface area contributed by atoms with Gasteiger partial charge in [-0.2, -0.15) is 0 Å². The summed E-state index contributed by atoms with van der Waals surface area (Å²) in [5.74, 6) is 0.700. The Hall–Kier alpha value is -3.78. The van der Waals surface area contributed by atoms with E-state index >= 15 is 0 Å². The SMILES string of the molecule is Cc1nc(-c2ccccc2)sc1C(=O)Nc1ccc(CC(=O)Nc2cc(C(C)(C)C)on2)cc1. The third-order valence-electron chi connectivity index (χ3n) is 5.12. The zero-order chi connectivity index (χ0) is 24.3. The Morgan fingerprint density at radius 1 is 1.00 bits per heavy atom. The number of carbonyl (C=O) groups is 2. The molecule has 2 N–H and O–H groups in total. The van der Waals surface area contributed by atoms with Crippen LogP contribution in [0.1, 0.15) is 47.5 Å². The van der Waals surface area contributed by atoms with E-state index in [1.54, 1.807) is 18.2 Å². The highest BCUT2D eigenvalue weighted by atomic mass is 32.1. The lowest BCUT2D eigenvalue weighted by Crippen LogP contribution is -2.15. The third-order valence-corrected chi connectivity index (χ3v) is 6.32. The highest BCUT2D eigenvalue weighted by molar-refractivity contribution is 7.17. The third kappa shape index (κ3) is 5.58. The standard InChI is InChI=1S/C26H26N4O3S/c1-16-23(34-25(27-16)18-8-6-5-7-9-18)24(32)28-19-12-10-17(11-13-19)14-22(31)29-21-15-20(33-30-21)26(2,3)4/h5-13,15H,14H2,1-4H3,(H,28,32)(H,29,30,31). The first kappa shape index (κ1) is 23.4. The number of hydrogen-bond acceptors (Lipinski definition) is 6. The van der Waals surface area contributed by atoms with Gasteiger partial charge in [-0.15, -0.1) is 11.3 Å². The molecule has 0 atom stereocenters. The van der Waals surface area contributed by atoms with Crippen molar-refractivity contribution in [2.75, 3.05) is 10.6 Å². The Balaban J connectivity index is 1.36. The number of anilines is 2. The summed E-state index contributed by atoms with van der Waals surface area (Å²) in [4.78, 5) is 30.3. The van der Waals surface area contributed by atoms with Crippen molar-refractivity contribution >= 4 is 34.7 Å². The van der Waals surface area contributed by atoms with E-state index in [1.165, 1.54) is 11.3 Å². The van der Waals surface area contributed by atoms with Crippen molar-refractivity contribution in [1.29, 1.82) is 0 Å². The van der Waals surface area contributed by atoms with Crippen molar-refractivity contribution in [2.45, 2.75) is 39.5 Å². The summed E-state index contributed by atoms with van der Waals surface area (Å²) in [5.41, 5.74) is 2.96. The van der Waals surface area contributed by atoms with E-state index in [0.717, 1.165) is 16.1 Å². The van der Waals surface area contributed by atoms with E-state index in [4.69, 9.17) is 4.52 Å². The van der Waals surface area contributed by atoms with Gasteiger partial charge in [-0.25, -0.2) is 4.98 Å². The molecule has 2 aromatic carbocycles. The van der Waals surface area contributed by atoms with Crippen LogP contribution in [0, 0.1) is 6.92 Å². The maximum Gasteiger partial charge on any atom is 0.267 e. The monoisotopic (exact) mass is 474 g/mol. The number of rotatable bonds is 6. The van der Waals surface area contributed by atoms with Gasteiger partial charge in [0.15, 0.2) is 5.82 Å². The molecule has 0 saturated heterocycles. The predicted molar refractivity (Wildman–Crippen MR) is 134 cm³/mol. The summed E-state index contributed by atoms with van der Waals surface area (Å²) < 4.78 is 5.30. The zero-order valence-corrected chi connectivity index (χ0v) is 20.3. The maximum absolute atomic E-state index is 12.8. The summed E-state index contributed by atoms with van der Waals surface area (Å²) in [6, 6.07) is 18.7. The van der Waals surface area contributed by atoms with Crippen molar-refractivity contribution in [1.82, 2.24) is 10.1 Å². The molecule has 0 aliphatic carbocycles. The second-order valence-electron chi connectivity index (χ2n) is 9.00. The molecule has 8 heteroatoms. The normalized spacial score (nSPS) is 11.3. The first-order valence-corrected chi connectivity index (χ1v) is 11.7. The van der Waals surface area contributed by atoms with Crippen LogP contribution in [-0.4, -0.2) is 22.0 Å². The van der Waals surface area contributed by atoms with E-state index in [2.05, 4.69) is 20.8 Å². The fourth-order valence-corrected chi connectivity index (χ4v) is 4.23. The van der Waals surface area contributed by atoms with Crippen LogP contribution in [0.4, 0.5) is 11.5 Å². The van der Waals surface area contributed by atoms with E-state index < -0.39 is 0 Å². The minimum absolute atomic E-state index is 0.181. The van der Waals surface area contributed by atoms with Gasteiger partial charge in [0.1, 0.15) is 15.6 Å². The number of benzene rings is 2. The van der Waals surface area contributed by atoms with Gasteiger partial charge in [0, 0.05) is 22.7 Å². The molecule has 2 heterocycles. The smallest absolute Gasteiger partial charge is 0.267 e. The molecule has 0 radical (unpaired) electrons. The van der Waals surface area contributed by atoms with E-state index in [0.29, 0.717) is 27.8 Å². The lowest BCUT2D eigenvalue weighted by molar-refractivity contribution is -0.115.